The summed E-state index contributed by atoms with van der Waals surface area (Å²) in [6.07, 6.45) is 1.48. The highest BCUT2D eigenvalue weighted by Crippen LogP contribution is 2.09. The monoisotopic (exact) mass is 269 g/mol. The molecule has 8 heteroatoms. The lowest BCUT2D eigenvalue weighted by Crippen LogP contribution is -2.35. The molecule has 1 atom stereocenters. The summed E-state index contributed by atoms with van der Waals surface area (Å²) in [5.74, 6) is -2.05. The summed E-state index contributed by atoms with van der Waals surface area (Å²) < 4.78 is 1.46. The van der Waals surface area contributed by atoms with Gasteiger partial charge in [0.1, 0.15) is 0 Å². The van der Waals surface area contributed by atoms with Crippen LogP contribution in [0.4, 0.5) is 0 Å². The third-order valence-corrected chi connectivity index (χ3v) is 2.73. The van der Waals surface area contributed by atoms with Gasteiger partial charge in [-0.05, 0) is 5.92 Å². The fourth-order valence-corrected chi connectivity index (χ4v) is 1.55. The fraction of sp³-hybridized carbons (Fsp3) is 0.636. The van der Waals surface area contributed by atoms with Crippen LogP contribution in [-0.2, 0) is 11.3 Å². The molecule has 0 aromatic carbocycles. The van der Waals surface area contributed by atoms with Gasteiger partial charge in [-0.25, -0.2) is 0 Å². The lowest BCUT2D eigenvalue weighted by molar-refractivity contribution is -0.142. The van der Waals surface area contributed by atoms with Crippen molar-refractivity contribution < 1.29 is 14.7 Å². The topological polar surface area (TPSA) is 123 Å². The van der Waals surface area contributed by atoms with Crippen LogP contribution >= 0.6 is 0 Å². The van der Waals surface area contributed by atoms with E-state index in [2.05, 4.69) is 15.6 Å². The quantitative estimate of drug-likeness (QED) is 0.603. The molecule has 0 aliphatic heterocycles. The number of carboxylic acid groups (broad SMARTS) is 1. The third-order valence-electron chi connectivity index (χ3n) is 2.73. The molecule has 4 N–H and O–H groups in total. The normalized spacial score (nSPS) is 12.4. The number of hydrogen-bond acceptors (Lipinski definition) is 5. The van der Waals surface area contributed by atoms with Crippen molar-refractivity contribution >= 4 is 11.9 Å². The number of nitrogens with one attached hydrogen (secondary N) is 1. The number of hydrogen-bond donors (Lipinski definition) is 3. The van der Waals surface area contributed by atoms with Crippen molar-refractivity contribution in [1.29, 1.82) is 0 Å². The zero-order valence-electron chi connectivity index (χ0n) is 11.0. The molecule has 0 aliphatic carbocycles. The lowest BCUT2D eigenvalue weighted by Gasteiger charge is -2.16. The van der Waals surface area contributed by atoms with Crippen LogP contribution in [0.5, 0.6) is 0 Å². The van der Waals surface area contributed by atoms with Gasteiger partial charge in [-0.2, -0.15) is 0 Å². The van der Waals surface area contributed by atoms with Crippen LogP contribution < -0.4 is 11.1 Å². The molecule has 8 nitrogen and oxygen atoms in total. The molecule has 0 radical (unpaired) electrons. The average Bonchev–Trinajstić information content (AvgIpc) is 2.77. The Morgan fingerprint density at radius 3 is 2.74 bits per heavy atom. The van der Waals surface area contributed by atoms with Crippen LogP contribution in [0.25, 0.3) is 0 Å². The number of carbonyl (C=O) groups excluding carboxylic acids is 1. The minimum absolute atomic E-state index is 0.0641. The van der Waals surface area contributed by atoms with E-state index in [0.29, 0.717) is 13.1 Å². The van der Waals surface area contributed by atoms with Crippen molar-refractivity contribution in [2.24, 2.45) is 17.6 Å². The molecule has 0 saturated heterocycles. The van der Waals surface area contributed by atoms with Gasteiger partial charge in [-0.15, -0.1) is 5.10 Å². The van der Waals surface area contributed by atoms with Crippen molar-refractivity contribution in [2.45, 2.75) is 20.4 Å². The maximum atomic E-state index is 11.8. The zero-order valence-corrected chi connectivity index (χ0v) is 11.0. The molecule has 1 unspecified atom stereocenters. The van der Waals surface area contributed by atoms with Crippen LogP contribution in [0.1, 0.15) is 24.3 Å². The van der Waals surface area contributed by atoms with E-state index in [1.165, 1.54) is 10.9 Å². The molecule has 1 rings (SSSR count). The number of nitrogens with zero attached hydrogens (tertiary/aromatic N) is 3. The highest BCUT2D eigenvalue weighted by molar-refractivity contribution is 5.92. The van der Waals surface area contributed by atoms with Gasteiger partial charge in [0, 0.05) is 13.1 Å². The van der Waals surface area contributed by atoms with Crippen LogP contribution in [0.2, 0.25) is 0 Å². The molecule has 0 spiro atoms. The summed E-state index contributed by atoms with van der Waals surface area (Å²) in [6.45, 7) is 4.53. The Kier molecular flexibility index (Phi) is 5.43. The minimum Gasteiger partial charge on any atom is -0.481 e. The van der Waals surface area contributed by atoms with E-state index in [1.807, 2.05) is 0 Å². The first-order chi connectivity index (χ1) is 8.95. The van der Waals surface area contributed by atoms with Gasteiger partial charge >= 0.3 is 5.97 Å². The molecular weight excluding hydrogens is 250 g/mol. The first-order valence-electron chi connectivity index (χ1n) is 6.07. The van der Waals surface area contributed by atoms with E-state index < -0.39 is 17.8 Å². The first-order valence-corrected chi connectivity index (χ1v) is 6.07. The average molecular weight is 269 g/mol. The molecule has 19 heavy (non-hydrogen) atoms. The number of nitrogens with two attached hydrogens (primary N) is 1. The Hall–Kier alpha value is -1.96. The Bertz CT molecular complexity index is 443. The maximum absolute atomic E-state index is 11.8. The number of carbonyl (C=O) groups is 2. The van der Waals surface area contributed by atoms with Gasteiger partial charge in [0.25, 0.3) is 5.91 Å². The lowest BCUT2D eigenvalue weighted by atomic mass is 9.96. The van der Waals surface area contributed by atoms with Gasteiger partial charge in [0.15, 0.2) is 5.69 Å². The van der Waals surface area contributed by atoms with Crippen molar-refractivity contribution in [3.05, 3.63) is 11.9 Å². The summed E-state index contributed by atoms with van der Waals surface area (Å²) in [5, 5.41) is 19.0. The summed E-state index contributed by atoms with van der Waals surface area (Å²) >= 11 is 0. The second-order valence-corrected chi connectivity index (χ2v) is 4.55. The molecule has 0 aliphatic rings. The molecular formula is C11H19N5O3. The van der Waals surface area contributed by atoms with Gasteiger partial charge in [-0.1, -0.05) is 19.1 Å². The number of aliphatic carboxylic acids is 1. The molecule has 1 aromatic rings. The van der Waals surface area contributed by atoms with Crippen molar-refractivity contribution in [1.82, 2.24) is 20.3 Å². The van der Waals surface area contributed by atoms with E-state index in [0.717, 1.165) is 0 Å². The second-order valence-electron chi connectivity index (χ2n) is 4.55. The van der Waals surface area contributed by atoms with E-state index in [-0.39, 0.29) is 18.2 Å². The summed E-state index contributed by atoms with van der Waals surface area (Å²) in [4.78, 5) is 22.7. The number of rotatable bonds is 7. The van der Waals surface area contributed by atoms with Crippen molar-refractivity contribution in [3.8, 4) is 0 Å². The standard InChI is InChI=1S/C11H19N5O3/c1-7(2)8(11(18)19)5-13-10(17)9-6-16(4-3-12)15-14-9/h6-8H,3-5,12H2,1-2H3,(H,13,17)(H,18,19). The second kappa shape index (κ2) is 6.83. The molecule has 1 amide bonds. The van der Waals surface area contributed by atoms with Crippen LogP contribution in [0.15, 0.2) is 6.20 Å². The van der Waals surface area contributed by atoms with Crippen LogP contribution in [0, 0.1) is 11.8 Å². The fourth-order valence-electron chi connectivity index (χ4n) is 1.55. The Balaban J connectivity index is 2.56. The first kappa shape index (κ1) is 15.1. The van der Waals surface area contributed by atoms with Crippen LogP contribution in [0.3, 0.4) is 0 Å². The Morgan fingerprint density at radius 1 is 1.53 bits per heavy atom. The molecule has 106 valence electrons. The molecule has 1 aromatic heterocycles. The van der Waals surface area contributed by atoms with E-state index in [4.69, 9.17) is 10.8 Å². The van der Waals surface area contributed by atoms with Crippen molar-refractivity contribution in [2.75, 3.05) is 13.1 Å². The predicted molar refractivity (Wildman–Crippen MR) is 67.4 cm³/mol. The van der Waals surface area contributed by atoms with Gasteiger partial charge in [0.2, 0.25) is 0 Å². The van der Waals surface area contributed by atoms with Gasteiger partial charge in [0.05, 0.1) is 18.7 Å². The molecule has 1 heterocycles. The molecule has 0 saturated carbocycles. The van der Waals surface area contributed by atoms with Gasteiger partial charge < -0.3 is 16.2 Å². The summed E-state index contributed by atoms with van der Waals surface area (Å²) in [6, 6.07) is 0. The van der Waals surface area contributed by atoms with E-state index >= 15 is 0 Å². The minimum atomic E-state index is -0.929. The number of amides is 1. The van der Waals surface area contributed by atoms with Crippen LogP contribution in [-0.4, -0.2) is 45.1 Å². The Morgan fingerprint density at radius 2 is 2.21 bits per heavy atom. The highest BCUT2D eigenvalue weighted by atomic mass is 16.4. The largest absolute Gasteiger partial charge is 0.481 e. The van der Waals surface area contributed by atoms with Gasteiger partial charge in [-0.3, -0.25) is 14.3 Å². The third kappa shape index (κ3) is 4.32. The highest BCUT2D eigenvalue weighted by Gasteiger charge is 2.22. The van der Waals surface area contributed by atoms with E-state index in [1.54, 1.807) is 13.8 Å². The zero-order chi connectivity index (χ0) is 14.4. The SMILES string of the molecule is CC(C)C(CNC(=O)c1cn(CCN)nn1)C(=O)O. The number of carboxylic acids is 1. The maximum Gasteiger partial charge on any atom is 0.308 e. The predicted octanol–water partition coefficient (Wildman–Crippen LogP) is -0.677. The number of aromatic nitrogens is 3. The smallest absolute Gasteiger partial charge is 0.308 e. The molecule has 0 bridgehead atoms. The summed E-state index contributed by atoms with van der Waals surface area (Å²) in [7, 11) is 0. The molecule has 0 fully saturated rings. The summed E-state index contributed by atoms with van der Waals surface area (Å²) in [5.41, 5.74) is 5.51. The van der Waals surface area contributed by atoms with Crippen molar-refractivity contribution in [3.63, 3.8) is 0 Å². The van der Waals surface area contributed by atoms with E-state index in [9.17, 15) is 9.59 Å². The Labute approximate surface area is 111 Å².